The van der Waals surface area contributed by atoms with Crippen molar-refractivity contribution in [3.05, 3.63) is 29.8 Å². The second-order valence-electron chi connectivity index (χ2n) is 4.96. The van der Waals surface area contributed by atoms with Gasteiger partial charge in [0.1, 0.15) is 12.4 Å². The Hall–Kier alpha value is -1.75. The van der Waals surface area contributed by atoms with Gasteiger partial charge in [-0.2, -0.15) is 0 Å². The number of rotatable bonds is 5. The maximum Gasteiger partial charge on any atom is 0.407 e. The number of likely N-dealkylation sites (tertiary alicyclic amines) is 1. The monoisotopic (exact) mass is 279 g/mol. The molecule has 0 aliphatic carbocycles. The number of ether oxygens (including phenoxy) is 2. The molecule has 1 aromatic rings. The Labute approximate surface area is 119 Å². The van der Waals surface area contributed by atoms with Gasteiger partial charge in [-0.05, 0) is 36.5 Å². The second kappa shape index (κ2) is 7.14. The highest BCUT2D eigenvalue weighted by molar-refractivity contribution is 5.65. The van der Waals surface area contributed by atoms with Crippen molar-refractivity contribution in [2.24, 2.45) is 0 Å². The molecule has 1 fully saturated rings. The van der Waals surface area contributed by atoms with Crippen LogP contribution in [0.25, 0.3) is 0 Å². The van der Waals surface area contributed by atoms with Crippen molar-refractivity contribution in [3.63, 3.8) is 0 Å². The summed E-state index contributed by atoms with van der Waals surface area (Å²) in [5, 5.41) is 8.95. The van der Waals surface area contributed by atoms with Crippen molar-refractivity contribution < 1.29 is 19.4 Å². The fraction of sp³-hybridized carbons (Fsp3) is 0.533. The number of amides is 1. The predicted molar refractivity (Wildman–Crippen MR) is 75.4 cm³/mol. The maximum absolute atomic E-state index is 10.9. The van der Waals surface area contributed by atoms with Gasteiger partial charge in [-0.3, -0.25) is 0 Å². The van der Waals surface area contributed by atoms with Crippen LogP contribution in [0.3, 0.4) is 0 Å². The average molecular weight is 279 g/mol. The van der Waals surface area contributed by atoms with Crippen LogP contribution in [0.4, 0.5) is 4.79 Å². The molecule has 1 saturated heterocycles. The molecule has 0 atom stereocenters. The third-order valence-electron chi connectivity index (χ3n) is 3.65. The molecule has 0 saturated carbocycles. The van der Waals surface area contributed by atoms with Crippen LogP contribution in [0.2, 0.25) is 0 Å². The van der Waals surface area contributed by atoms with Crippen molar-refractivity contribution in [2.45, 2.75) is 18.8 Å². The smallest absolute Gasteiger partial charge is 0.407 e. The Kier molecular flexibility index (Phi) is 5.24. The zero-order chi connectivity index (χ0) is 14.4. The molecule has 110 valence electrons. The Bertz CT molecular complexity index is 441. The highest BCUT2D eigenvalue weighted by Gasteiger charge is 2.23. The molecule has 0 spiro atoms. The highest BCUT2D eigenvalue weighted by Crippen LogP contribution is 2.30. The normalized spacial score (nSPS) is 16.1. The molecule has 0 unspecified atom stereocenters. The Morgan fingerprint density at radius 2 is 2.10 bits per heavy atom. The molecule has 1 amide bonds. The number of benzene rings is 1. The van der Waals surface area contributed by atoms with Crippen LogP contribution in [-0.2, 0) is 4.74 Å². The summed E-state index contributed by atoms with van der Waals surface area (Å²) in [4.78, 5) is 12.4. The van der Waals surface area contributed by atoms with Gasteiger partial charge in [0.25, 0.3) is 0 Å². The fourth-order valence-electron chi connectivity index (χ4n) is 2.51. The summed E-state index contributed by atoms with van der Waals surface area (Å²) in [5.41, 5.74) is 1.23. The Balaban J connectivity index is 1.92. The summed E-state index contributed by atoms with van der Waals surface area (Å²) >= 11 is 0. The number of hydrogen-bond donors (Lipinski definition) is 1. The van der Waals surface area contributed by atoms with Crippen molar-refractivity contribution in [2.75, 3.05) is 33.4 Å². The van der Waals surface area contributed by atoms with E-state index in [0.29, 0.717) is 32.2 Å². The van der Waals surface area contributed by atoms with Crippen molar-refractivity contribution in [3.8, 4) is 5.75 Å². The van der Waals surface area contributed by atoms with Gasteiger partial charge in [0.05, 0.1) is 6.61 Å². The first-order valence-electron chi connectivity index (χ1n) is 6.90. The molecule has 0 aromatic heterocycles. The summed E-state index contributed by atoms with van der Waals surface area (Å²) in [6, 6.07) is 8.06. The van der Waals surface area contributed by atoms with Crippen LogP contribution >= 0.6 is 0 Å². The first-order chi connectivity index (χ1) is 9.70. The third-order valence-corrected chi connectivity index (χ3v) is 3.65. The van der Waals surface area contributed by atoms with Crippen molar-refractivity contribution >= 4 is 6.09 Å². The first kappa shape index (κ1) is 14.7. The van der Waals surface area contributed by atoms with Gasteiger partial charge < -0.3 is 19.5 Å². The zero-order valence-electron chi connectivity index (χ0n) is 11.7. The molecule has 0 radical (unpaired) electrons. The zero-order valence-corrected chi connectivity index (χ0v) is 11.7. The van der Waals surface area contributed by atoms with E-state index in [1.807, 2.05) is 12.1 Å². The van der Waals surface area contributed by atoms with Gasteiger partial charge in [0.15, 0.2) is 0 Å². The number of methoxy groups -OCH3 is 1. The van der Waals surface area contributed by atoms with Crippen LogP contribution in [-0.4, -0.2) is 49.5 Å². The van der Waals surface area contributed by atoms with Gasteiger partial charge in [-0.25, -0.2) is 4.79 Å². The van der Waals surface area contributed by atoms with Crippen LogP contribution in [0.5, 0.6) is 5.75 Å². The molecule has 5 nitrogen and oxygen atoms in total. The van der Waals surface area contributed by atoms with Gasteiger partial charge in [0.2, 0.25) is 0 Å². The lowest BCUT2D eigenvalue weighted by Crippen LogP contribution is -2.36. The largest absolute Gasteiger partial charge is 0.491 e. The van der Waals surface area contributed by atoms with Crippen molar-refractivity contribution in [1.82, 2.24) is 4.90 Å². The number of carbonyl (C=O) groups is 1. The molecule has 1 heterocycles. The van der Waals surface area contributed by atoms with E-state index in [1.165, 1.54) is 10.5 Å². The fourth-order valence-corrected chi connectivity index (χ4v) is 2.51. The summed E-state index contributed by atoms with van der Waals surface area (Å²) in [6.07, 6.45) is 0.918. The van der Waals surface area contributed by atoms with Gasteiger partial charge in [0, 0.05) is 20.2 Å². The minimum Gasteiger partial charge on any atom is -0.491 e. The molecule has 2 rings (SSSR count). The topological polar surface area (TPSA) is 59.0 Å². The van der Waals surface area contributed by atoms with Crippen LogP contribution in [0, 0.1) is 0 Å². The first-order valence-corrected chi connectivity index (χ1v) is 6.90. The molecule has 5 heteroatoms. The lowest BCUT2D eigenvalue weighted by molar-refractivity contribution is 0.132. The number of carboxylic acid groups (broad SMARTS) is 1. The van der Waals surface area contributed by atoms with E-state index >= 15 is 0 Å². The average Bonchev–Trinajstić information content (AvgIpc) is 2.48. The van der Waals surface area contributed by atoms with E-state index in [9.17, 15) is 4.79 Å². The van der Waals surface area contributed by atoms with Crippen LogP contribution in [0.15, 0.2) is 24.3 Å². The maximum atomic E-state index is 10.9. The third kappa shape index (κ3) is 3.87. The lowest BCUT2D eigenvalue weighted by atomic mass is 9.89. The standard InChI is InChI=1S/C15H21NO4/c1-19-9-10-20-14-4-2-3-13(11-14)12-5-7-16(8-6-12)15(17)18/h2-4,11-12H,5-10H2,1H3,(H,17,18). The van der Waals surface area contributed by atoms with E-state index in [0.717, 1.165) is 18.6 Å². The number of nitrogens with zero attached hydrogens (tertiary/aromatic N) is 1. The Morgan fingerprint density at radius 1 is 1.35 bits per heavy atom. The van der Waals surface area contributed by atoms with E-state index in [1.54, 1.807) is 7.11 Å². The molecular formula is C15H21NO4. The summed E-state index contributed by atoms with van der Waals surface area (Å²) < 4.78 is 10.6. The molecule has 1 aliphatic rings. The summed E-state index contributed by atoms with van der Waals surface area (Å²) in [5.74, 6) is 1.26. The molecule has 1 N–H and O–H groups in total. The molecule has 1 aliphatic heterocycles. The number of hydrogen-bond acceptors (Lipinski definition) is 3. The number of piperidine rings is 1. The molecule has 20 heavy (non-hydrogen) atoms. The van der Waals surface area contributed by atoms with Gasteiger partial charge in [-0.1, -0.05) is 12.1 Å². The highest BCUT2D eigenvalue weighted by atomic mass is 16.5. The minimum atomic E-state index is -0.819. The SMILES string of the molecule is COCCOc1cccc(C2CCN(C(=O)O)CC2)c1. The van der Waals surface area contributed by atoms with E-state index in [4.69, 9.17) is 14.6 Å². The van der Waals surface area contributed by atoms with E-state index in [-0.39, 0.29) is 0 Å². The van der Waals surface area contributed by atoms with Crippen LogP contribution in [0.1, 0.15) is 24.3 Å². The second-order valence-corrected chi connectivity index (χ2v) is 4.96. The Morgan fingerprint density at radius 3 is 2.75 bits per heavy atom. The quantitative estimate of drug-likeness (QED) is 0.842. The minimum absolute atomic E-state index is 0.413. The van der Waals surface area contributed by atoms with E-state index in [2.05, 4.69) is 12.1 Å². The lowest BCUT2D eigenvalue weighted by Gasteiger charge is -2.30. The van der Waals surface area contributed by atoms with Gasteiger partial charge in [-0.15, -0.1) is 0 Å². The molecule has 1 aromatic carbocycles. The van der Waals surface area contributed by atoms with Crippen LogP contribution < -0.4 is 4.74 Å². The van der Waals surface area contributed by atoms with E-state index < -0.39 is 6.09 Å². The van der Waals surface area contributed by atoms with Crippen molar-refractivity contribution in [1.29, 1.82) is 0 Å². The molecule has 0 bridgehead atoms. The molecular weight excluding hydrogens is 258 g/mol. The predicted octanol–water partition coefficient (Wildman–Crippen LogP) is 2.57. The summed E-state index contributed by atoms with van der Waals surface area (Å²) in [7, 11) is 1.65. The summed E-state index contributed by atoms with van der Waals surface area (Å²) in [6.45, 7) is 2.32. The van der Waals surface area contributed by atoms with Gasteiger partial charge >= 0.3 is 6.09 Å².